The van der Waals surface area contributed by atoms with Gasteiger partial charge in [0.2, 0.25) is 11.8 Å². The lowest BCUT2D eigenvalue weighted by Gasteiger charge is -2.37. The SMILES string of the molecule is CCCCOc1ccc(C(=O)COc2ccc(N3C(=O)[C@@H]4[C@H](C3=O)[C@@H]3C=C[C@H]4C4CC43)cc2)cc1. The number of allylic oxidation sites excluding steroid dienone is 2. The molecule has 2 amide bonds. The van der Waals surface area contributed by atoms with Crippen LogP contribution in [0.5, 0.6) is 11.5 Å². The molecule has 6 heteroatoms. The van der Waals surface area contributed by atoms with Crippen molar-refractivity contribution in [1.82, 2.24) is 0 Å². The minimum atomic E-state index is -0.210. The van der Waals surface area contributed by atoms with Gasteiger partial charge in [-0.2, -0.15) is 0 Å². The van der Waals surface area contributed by atoms with E-state index < -0.39 is 0 Å². The number of hydrogen-bond donors (Lipinski definition) is 0. The summed E-state index contributed by atoms with van der Waals surface area (Å²) in [5, 5.41) is 0. The van der Waals surface area contributed by atoms with E-state index in [0.717, 1.165) is 25.0 Å². The zero-order valence-corrected chi connectivity index (χ0v) is 19.8. The zero-order chi connectivity index (χ0) is 24.1. The highest BCUT2D eigenvalue weighted by atomic mass is 16.5. The van der Waals surface area contributed by atoms with Crippen molar-refractivity contribution in [1.29, 1.82) is 0 Å². The Morgan fingerprint density at radius 1 is 0.857 bits per heavy atom. The van der Waals surface area contributed by atoms with Crippen LogP contribution in [-0.4, -0.2) is 30.8 Å². The number of nitrogens with zero attached hydrogens (tertiary/aromatic N) is 1. The highest BCUT2D eigenvalue weighted by molar-refractivity contribution is 6.22. The van der Waals surface area contributed by atoms with Crippen LogP contribution in [0.15, 0.2) is 60.7 Å². The molecular formula is C29H29NO5. The average molecular weight is 472 g/mol. The van der Waals surface area contributed by atoms with Crippen LogP contribution in [0.4, 0.5) is 5.69 Å². The number of benzene rings is 2. The quantitative estimate of drug-likeness (QED) is 0.230. The molecule has 6 nitrogen and oxygen atoms in total. The lowest BCUT2D eigenvalue weighted by Crippen LogP contribution is -2.40. The molecule has 0 aromatic heterocycles. The third-order valence-corrected chi connectivity index (χ3v) is 8.07. The molecule has 2 aromatic rings. The molecule has 5 aliphatic rings. The van der Waals surface area contributed by atoms with Crippen LogP contribution in [0.25, 0.3) is 0 Å². The van der Waals surface area contributed by atoms with Crippen LogP contribution in [0.2, 0.25) is 0 Å². The molecule has 4 aliphatic carbocycles. The van der Waals surface area contributed by atoms with E-state index in [2.05, 4.69) is 19.1 Å². The monoisotopic (exact) mass is 471 g/mol. The molecule has 0 spiro atoms. The molecule has 2 bridgehead atoms. The van der Waals surface area contributed by atoms with Crippen molar-refractivity contribution < 1.29 is 23.9 Å². The van der Waals surface area contributed by atoms with Crippen molar-refractivity contribution in [2.45, 2.75) is 26.2 Å². The number of amides is 2. The van der Waals surface area contributed by atoms with E-state index in [1.54, 1.807) is 48.5 Å². The Bertz CT molecular complexity index is 1150. The number of anilines is 1. The van der Waals surface area contributed by atoms with Crippen LogP contribution in [0.1, 0.15) is 36.5 Å². The molecule has 35 heavy (non-hydrogen) atoms. The van der Waals surface area contributed by atoms with Gasteiger partial charge in [-0.3, -0.25) is 19.3 Å². The summed E-state index contributed by atoms with van der Waals surface area (Å²) in [6, 6.07) is 13.9. The molecule has 1 aliphatic heterocycles. The van der Waals surface area contributed by atoms with Crippen molar-refractivity contribution in [3.05, 3.63) is 66.2 Å². The third-order valence-electron chi connectivity index (χ3n) is 8.07. The van der Waals surface area contributed by atoms with Crippen molar-refractivity contribution in [2.24, 2.45) is 35.5 Å². The Hall–Kier alpha value is -3.41. The Morgan fingerprint density at radius 3 is 2.03 bits per heavy atom. The second-order valence-electron chi connectivity index (χ2n) is 10.1. The van der Waals surface area contributed by atoms with Gasteiger partial charge in [0.1, 0.15) is 11.5 Å². The Kier molecular flexibility index (Phi) is 5.47. The molecule has 3 fully saturated rings. The van der Waals surface area contributed by atoms with E-state index in [9.17, 15) is 14.4 Å². The van der Waals surface area contributed by atoms with Gasteiger partial charge in [0.15, 0.2) is 12.4 Å². The second kappa shape index (κ2) is 8.67. The molecular weight excluding hydrogens is 442 g/mol. The van der Waals surface area contributed by atoms with Crippen LogP contribution < -0.4 is 14.4 Å². The Labute approximate surface area is 204 Å². The molecule has 2 aromatic carbocycles. The number of Topliss-reactive ketones (excluding diaryl/α,β-unsaturated/α-hetero) is 1. The summed E-state index contributed by atoms with van der Waals surface area (Å²) < 4.78 is 11.3. The van der Waals surface area contributed by atoms with E-state index in [0.29, 0.717) is 35.4 Å². The molecule has 180 valence electrons. The number of ether oxygens (including phenoxy) is 2. The Morgan fingerprint density at radius 2 is 1.43 bits per heavy atom. The van der Waals surface area contributed by atoms with Gasteiger partial charge >= 0.3 is 0 Å². The molecule has 0 radical (unpaired) electrons. The first-order chi connectivity index (χ1) is 17.1. The van der Waals surface area contributed by atoms with E-state index in [-0.39, 0.29) is 47.9 Å². The van der Waals surface area contributed by atoms with Gasteiger partial charge in [0.25, 0.3) is 0 Å². The number of hydrogen-bond acceptors (Lipinski definition) is 5. The lowest BCUT2D eigenvalue weighted by molar-refractivity contribution is -0.124. The van der Waals surface area contributed by atoms with Crippen LogP contribution >= 0.6 is 0 Å². The largest absolute Gasteiger partial charge is 0.494 e. The summed E-state index contributed by atoms with van der Waals surface area (Å²) >= 11 is 0. The fourth-order valence-electron chi connectivity index (χ4n) is 6.21. The van der Waals surface area contributed by atoms with Crippen LogP contribution in [0, 0.1) is 35.5 Å². The number of carbonyl (C=O) groups excluding carboxylic acids is 3. The predicted molar refractivity (Wildman–Crippen MR) is 130 cm³/mol. The molecule has 0 N–H and O–H groups in total. The van der Waals surface area contributed by atoms with Gasteiger partial charge in [-0.25, -0.2) is 0 Å². The minimum absolute atomic E-state index is 0.0735. The van der Waals surface area contributed by atoms with Crippen molar-refractivity contribution in [3.8, 4) is 11.5 Å². The summed E-state index contributed by atoms with van der Waals surface area (Å²) in [5.41, 5.74) is 1.13. The van der Waals surface area contributed by atoms with Crippen LogP contribution in [0.3, 0.4) is 0 Å². The maximum Gasteiger partial charge on any atom is 0.238 e. The highest BCUT2D eigenvalue weighted by Gasteiger charge is 2.67. The first-order valence-corrected chi connectivity index (χ1v) is 12.6. The summed E-state index contributed by atoms with van der Waals surface area (Å²) in [7, 11) is 0. The van der Waals surface area contributed by atoms with Crippen molar-refractivity contribution >= 4 is 23.3 Å². The van der Waals surface area contributed by atoms with E-state index >= 15 is 0 Å². The number of unbranched alkanes of at least 4 members (excludes halogenated alkanes) is 1. The maximum atomic E-state index is 13.2. The van der Waals surface area contributed by atoms with Crippen molar-refractivity contribution in [3.63, 3.8) is 0 Å². The molecule has 2 saturated carbocycles. The predicted octanol–water partition coefficient (Wildman–Crippen LogP) is 4.68. The second-order valence-corrected chi connectivity index (χ2v) is 10.1. The number of rotatable bonds is 9. The van der Waals surface area contributed by atoms with Gasteiger partial charge in [0.05, 0.1) is 24.1 Å². The fraction of sp³-hybridized carbons (Fsp3) is 0.414. The average Bonchev–Trinajstić information content (AvgIpc) is 3.67. The smallest absolute Gasteiger partial charge is 0.238 e. The van der Waals surface area contributed by atoms with E-state index in [4.69, 9.17) is 9.47 Å². The highest BCUT2D eigenvalue weighted by Crippen LogP contribution is 2.65. The van der Waals surface area contributed by atoms with Gasteiger partial charge < -0.3 is 9.47 Å². The van der Waals surface area contributed by atoms with Gasteiger partial charge in [0, 0.05) is 5.56 Å². The molecule has 1 heterocycles. The van der Waals surface area contributed by atoms with Gasteiger partial charge in [-0.05, 0) is 85.0 Å². The number of carbonyl (C=O) groups is 3. The Balaban J connectivity index is 1.07. The number of imide groups is 1. The first kappa shape index (κ1) is 22.1. The topological polar surface area (TPSA) is 72.9 Å². The molecule has 2 unspecified atom stereocenters. The van der Waals surface area contributed by atoms with Gasteiger partial charge in [-0.1, -0.05) is 25.5 Å². The number of ketones is 1. The fourth-order valence-corrected chi connectivity index (χ4v) is 6.21. The van der Waals surface area contributed by atoms with Crippen molar-refractivity contribution in [2.75, 3.05) is 18.1 Å². The van der Waals surface area contributed by atoms with Gasteiger partial charge in [-0.15, -0.1) is 0 Å². The molecule has 7 rings (SSSR count). The van der Waals surface area contributed by atoms with Crippen LogP contribution in [-0.2, 0) is 9.59 Å². The summed E-state index contributed by atoms with van der Waals surface area (Å²) in [6.07, 6.45) is 7.57. The van der Waals surface area contributed by atoms with E-state index in [1.807, 2.05) is 0 Å². The normalized spacial score (nSPS) is 29.7. The summed E-state index contributed by atoms with van der Waals surface area (Å²) in [6.45, 7) is 2.68. The minimum Gasteiger partial charge on any atom is -0.494 e. The zero-order valence-electron chi connectivity index (χ0n) is 19.8. The summed E-state index contributed by atoms with van der Waals surface area (Å²) in [4.78, 5) is 40.4. The lowest BCUT2D eigenvalue weighted by atomic mass is 9.63. The van der Waals surface area contributed by atoms with E-state index in [1.165, 1.54) is 4.90 Å². The molecule has 1 saturated heterocycles. The first-order valence-electron chi connectivity index (χ1n) is 12.6. The maximum absolute atomic E-state index is 13.2. The molecule has 6 atom stereocenters. The summed E-state index contributed by atoms with van der Waals surface area (Å²) in [5.74, 6) is 2.15. The third kappa shape index (κ3) is 3.76. The standard InChI is InChI=1S/C29H29NO5/c1-2-3-14-34-19-8-4-17(5-9-19)25(31)16-35-20-10-6-18(7-11-20)30-28(32)26-21-12-13-22(24-15-23(21)24)27(26)29(30)33/h4-13,21-24,26-27H,2-3,14-16H2,1H3/t21-,22+,23?,24?,26-,27+.